The molecule has 0 fully saturated rings. The first-order chi connectivity index (χ1) is 6.61. The van der Waals surface area contributed by atoms with Crippen molar-refractivity contribution < 1.29 is 8.78 Å². The molecule has 6 heteroatoms. The molecule has 0 aliphatic heterocycles. The molecule has 0 saturated carbocycles. The van der Waals surface area contributed by atoms with E-state index in [1.807, 2.05) is 0 Å². The SMILES string of the molecule is N#Cc1cnc(CBr)c(Br)c1C(F)F. The van der Waals surface area contributed by atoms with Gasteiger partial charge in [0.05, 0.1) is 21.3 Å². The molecule has 0 bridgehead atoms. The minimum atomic E-state index is -2.68. The number of aromatic nitrogens is 1. The highest BCUT2D eigenvalue weighted by Crippen LogP contribution is 2.32. The quantitative estimate of drug-likeness (QED) is 0.780. The van der Waals surface area contributed by atoms with Crippen LogP contribution in [-0.4, -0.2) is 4.98 Å². The predicted molar refractivity (Wildman–Crippen MR) is 54.2 cm³/mol. The Labute approximate surface area is 96.2 Å². The molecule has 1 aromatic heterocycles. The largest absolute Gasteiger partial charge is 0.266 e. The lowest BCUT2D eigenvalue weighted by Gasteiger charge is -2.07. The summed E-state index contributed by atoms with van der Waals surface area (Å²) in [4.78, 5) is 3.86. The number of nitrogens with zero attached hydrogens (tertiary/aromatic N) is 2. The fraction of sp³-hybridized carbons (Fsp3) is 0.250. The molecule has 1 heterocycles. The Morgan fingerprint density at radius 2 is 2.21 bits per heavy atom. The molecule has 0 spiro atoms. The van der Waals surface area contributed by atoms with Gasteiger partial charge in [-0.15, -0.1) is 0 Å². The van der Waals surface area contributed by atoms with E-state index in [9.17, 15) is 8.78 Å². The zero-order valence-electron chi connectivity index (χ0n) is 6.77. The van der Waals surface area contributed by atoms with Crippen LogP contribution in [0, 0.1) is 11.3 Å². The monoisotopic (exact) mass is 324 g/mol. The normalized spacial score (nSPS) is 10.3. The van der Waals surface area contributed by atoms with Gasteiger partial charge in [-0.2, -0.15) is 5.26 Å². The Hall–Kier alpha value is -0.540. The number of nitriles is 1. The lowest BCUT2D eigenvalue weighted by atomic mass is 10.1. The van der Waals surface area contributed by atoms with Crippen molar-refractivity contribution in [3.05, 3.63) is 27.5 Å². The molecule has 0 aliphatic carbocycles. The van der Waals surface area contributed by atoms with E-state index in [1.165, 1.54) is 0 Å². The van der Waals surface area contributed by atoms with E-state index < -0.39 is 6.43 Å². The fourth-order valence-electron chi connectivity index (χ4n) is 0.938. The number of hydrogen-bond acceptors (Lipinski definition) is 2. The maximum atomic E-state index is 12.6. The molecule has 0 N–H and O–H groups in total. The summed E-state index contributed by atoms with van der Waals surface area (Å²) in [6.45, 7) is 0. The molecule has 1 rings (SSSR count). The smallest absolute Gasteiger partial charge is 0.258 e. The number of hydrogen-bond donors (Lipinski definition) is 0. The minimum Gasteiger partial charge on any atom is -0.258 e. The van der Waals surface area contributed by atoms with Gasteiger partial charge >= 0.3 is 0 Å². The van der Waals surface area contributed by atoms with E-state index >= 15 is 0 Å². The average molecular weight is 326 g/mol. The summed E-state index contributed by atoms with van der Waals surface area (Å²) in [5.74, 6) is 0. The Morgan fingerprint density at radius 3 is 2.64 bits per heavy atom. The number of alkyl halides is 3. The fourth-order valence-corrected chi connectivity index (χ4v) is 2.37. The van der Waals surface area contributed by atoms with Crippen molar-refractivity contribution in [2.45, 2.75) is 11.8 Å². The highest BCUT2D eigenvalue weighted by Gasteiger charge is 2.19. The molecular formula is C8H4Br2F2N2. The maximum absolute atomic E-state index is 12.6. The molecule has 0 unspecified atom stereocenters. The molecule has 0 radical (unpaired) electrons. The van der Waals surface area contributed by atoms with Gasteiger partial charge in [0, 0.05) is 11.5 Å². The Morgan fingerprint density at radius 1 is 1.57 bits per heavy atom. The van der Waals surface area contributed by atoms with E-state index in [2.05, 4.69) is 36.8 Å². The van der Waals surface area contributed by atoms with Gasteiger partial charge in [-0.1, -0.05) is 15.9 Å². The van der Waals surface area contributed by atoms with E-state index in [0.29, 0.717) is 11.0 Å². The molecule has 0 saturated heterocycles. The highest BCUT2D eigenvalue weighted by atomic mass is 79.9. The third-order valence-corrected chi connectivity index (χ3v) is 3.01. The van der Waals surface area contributed by atoms with Crippen molar-refractivity contribution in [1.29, 1.82) is 5.26 Å². The van der Waals surface area contributed by atoms with Crippen LogP contribution in [0.15, 0.2) is 10.7 Å². The molecule has 2 nitrogen and oxygen atoms in total. The summed E-state index contributed by atoms with van der Waals surface area (Å²) in [5, 5.41) is 8.96. The first-order valence-corrected chi connectivity index (χ1v) is 5.44. The molecule has 1 aromatic rings. The van der Waals surface area contributed by atoms with Crippen LogP contribution in [0.5, 0.6) is 0 Å². The van der Waals surface area contributed by atoms with Crippen LogP contribution in [0.2, 0.25) is 0 Å². The second-order valence-corrected chi connectivity index (χ2v) is 3.75. The zero-order valence-corrected chi connectivity index (χ0v) is 9.94. The second-order valence-electron chi connectivity index (χ2n) is 2.39. The standard InChI is InChI=1S/C8H4Br2F2N2/c9-1-5-7(10)6(8(11)12)4(2-13)3-14-5/h3,8H,1H2. The van der Waals surface area contributed by atoms with E-state index in [4.69, 9.17) is 5.26 Å². The Balaban J connectivity index is 3.41. The van der Waals surface area contributed by atoms with E-state index in [-0.39, 0.29) is 15.6 Å². The Bertz CT molecular complexity index is 388. The van der Waals surface area contributed by atoms with Gasteiger partial charge in [0.2, 0.25) is 0 Å². The van der Waals surface area contributed by atoms with Gasteiger partial charge in [0.25, 0.3) is 6.43 Å². The molecule has 0 atom stereocenters. The van der Waals surface area contributed by atoms with Gasteiger partial charge in [0.1, 0.15) is 6.07 Å². The molecule has 0 aromatic carbocycles. The summed E-state index contributed by atoms with van der Waals surface area (Å²) in [7, 11) is 0. The van der Waals surface area contributed by atoms with Gasteiger partial charge in [-0.3, -0.25) is 4.98 Å². The molecule has 0 amide bonds. The van der Waals surface area contributed by atoms with Crippen LogP contribution in [0.1, 0.15) is 23.2 Å². The van der Waals surface area contributed by atoms with Gasteiger partial charge < -0.3 is 0 Å². The van der Waals surface area contributed by atoms with Gasteiger partial charge in [0.15, 0.2) is 0 Å². The van der Waals surface area contributed by atoms with Crippen molar-refractivity contribution in [2.75, 3.05) is 0 Å². The zero-order chi connectivity index (χ0) is 10.7. The summed E-state index contributed by atoms with van der Waals surface area (Å²) >= 11 is 6.13. The molecular weight excluding hydrogens is 322 g/mol. The first kappa shape index (κ1) is 11.5. The van der Waals surface area contributed by atoms with E-state index in [1.54, 1.807) is 6.07 Å². The van der Waals surface area contributed by atoms with Crippen LogP contribution in [0.4, 0.5) is 8.78 Å². The van der Waals surface area contributed by atoms with Crippen molar-refractivity contribution in [2.24, 2.45) is 0 Å². The first-order valence-electron chi connectivity index (χ1n) is 3.53. The maximum Gasteiger partial charge on any atom is 0.266 e. The average Bonchev–Trinajstić information content (AvgIpc) is 2.16. The third kappa shape index (κ3) is 2.10. The van der Waals surface area contributed by atoms with Crippen molar-refractivity contribution in [1.82, 2.24) is 4.98 Å². The molecule has 14 heavy (non-hydrogen) atoms. The summed E-state index contributed by atoms with van der Waals surface area (Å²) < 4.78 is 25.3. The lowest BCUT2D eigenvalue weighted by Crippen LogP contribution is -1.98. The van der Waals surface area contributed by atoms with Crippen LogP contribution >= 0.6 is 31.9 Å². The van der Waals surface area contributed by atoms with Gasteiger partial charge in [-0.25, -0.2) is 8.78 Å². The van der Waals surface area contributed by atoms with Crippen LogP contribution in [-0.2, 0) is 5.33 Å². The predicted octanol–water partition coefficient (Wildman–Crippen LogP) is 3.55. The third-order valence-electron chi connectivity index (χ3n) is 1.59. The summed E-state index contributed by atoms with van der Waals surface area (Å²) in [6.07, 6.45) is -1.53. The van der Waals surface area contributed by atoms with Crippen LogP contribution in [0.25, 0.3) is 0 Å². The topological polar surface area (TPSA) is 36.7 Å². The number of pyridine rings is 1. The summed E-state index contributed by atoms with van der Waals surface area (Å²) in [5.41, 5.74) is 0.0628. The second kappa shape index (κ2) is 4.80. The van der Waals surface area contributed by atoms with Crippen molar-refractivity contribution in [3.63, 3.8) is 0 Å². The van der Waals surface area contributed by atoms with Crippen LogP contribution in [0.3, 0.4) is 0 Å². The lowest BCUT2D eigenvalue weighted by molar-refractivity contribution is 0.150. The highest BCUT2D eigenvalue weighted by molar-refractivity contribution is 9.10. The molecule has 74 valence electrons. The molecule has 0 aliphatic rings. The van der Waals surface area contributed by atoms with Crippen LogP contribution < -0.4 is 0 Å². The van der Waals surface area contributed by atoms with Gasteiger partial charge in [-0.05, 0) is 15.9 Å². The Kier molecular flexibility index (Phi) is 3.96. The van der Waals surface area contributed by atoms with Crippen molar-refractivity contribution in [3.8, 4) is 6.07 Å². The number of rotatable bonds is 2. The number of halogens is 4. The summed E-state index contributed by atoms with van der Waals surface area (Å²) in [6, 6.07) is 1.68. The minimum absolute atomic E-state index is 0.100. The van der Waals surface area contributed by atoms with Crippen molar-refractivity contribution >= 4 is 31.9 Å². The van der Waals surface area contributed by atoms with E-state index in [0.717, 1.165) is 6.20 Å².